The standard InChI is InChI=1S/C8H5ClO2S/c9-4-1-2-6-7(8(4)11)5(10)3-12-6/h1-3,10-11H. The molecule has 0 spiro atoms. The van der Waals surface area contributed by atoms with Crippen LogP contribution in [-0.2, 0) is 0 Å². The fraction of sp³-hybridized carbons (Fsp3) is 0. The number of fused-ring (bicyclic) bond motifs is 1. The molecule has 0 aliphatic rings. The van der Waals surface area contributed by atoms with Gasteiger partial charge in [0.25, 0.3) is 0 Å². The van der Waals surface area contributed by atoms with Crippen molar-refractivity contribution in [2.24, 2.45) is 0 Å². The minimum absolute atomic E-state index is 0.0482. The molecule has 0 bridgehead atoms. The molecule has 0 aliphatic heterocycles. The highest BCUT2D eigenvalue weighted by Crippen LogP contribution is 2.41. The number of hydrogen-bond donors (Lipinski definition) is 2. The molecular formula is C8H5ClO2S. The summed E-state index contributed by atoms with van der Waals surface area (Å²) in [6.07, 6.45) is 0. The summed E-state index contributed by atoms with van der Waals surface area (Å²) in [7, 11) is 0. The molecule has 1 heterocycles. The van der Waals surface area contributed by atoms with Crippen molar-refractivity contribution in [2.75, 3.05) is 0 Å². The number of benzene rings is 1. The van der Waals surface area contributed by atoms with Crippen molar-refractivity contribution >= 4 is 33.0 Å². The zero-order valence-electron chi connectivity index (χ0n) is 5.91. The molecule has 0 saturated heterocycles. The summed E-state index contributed by atoms with van der Waals surface area (Å²) in [4.78, 5) is 0. The molecule has 2 nitrogen and oxygen atoms in total. The molecule has 12 heavy (non-hydrogen) atoms. The quantitative estimate of drug-likeness (QED) is 0.687. The third-order valence-electron chi connectivity index (χ3n) is 1.64. The molecule has 1 aromatic carbocycles. The van der Waals surface area contributed by atoms with Crippen molar-refractivity contribution < 1.29 is 10.2 Å². The van der Waals surface area contributed by atoms with Crippen molar-refractivity contribution in [1.82, 2.24) is 0 Å². The Morgan fingerprint density at radius 3 is 2.75 bits per heavy atom. The van der Waals surface area contributed by atoms with Crippen LogP contribution in [0.15, 0.2) is 17.5 Å². The summed E-state index contributed by atoms with van der Waals surface area (Å²) in [5.74, 6) is 0.0305. The Bertz CT molecular complexity index is 436. The lowest BCUT2D eigenvalue weighted by Gasteiger charge is -1.97. The molecule has 62 valence electrons. The van der Waals surface area contributed by atoms with Gasteiger partial charge in [0.1, 0.15) is 11.5 Å². The molecule has 1 aromatic heterocycles. The maximum Gasteiger partial charge on any atom is 0.146 e. The van der Waals surface area contributed by atoms with Crippen LogP contribution in [0.1, 0.15) is 0 Å². The molecule has 4 heteroatoms. The van der Waals surface area contributed by atoms with E-state index in [1.54, 1.807) is 17.5 Å². The number of halogens is 1. The first-order valence-corrected chi connectivity index (χ1v) is 4.53. The molecule has 0 saturated carbocycles. The second-order valence-electron chi connectivity index (χ2n) is 2.39. The average Bonchev–Trinajstić information content (AvgIpc) is 2.41. The van der Waals surface area contributed by atoms with E-state index in [0.717, 1.165) is 4.70 Å². The Hall–Kier alpha value is -0.930. The van der Waals surface area contributed by atoms with Crippen molar-refractivity contribution in [3.63, 3.8) is 0 Å². The minimum Gasteiger partial charge on any atom is -0.506 e. The van der Waals surface area contributed by atoms with Gasteiger partial charge in [0.2, 0.25) is 0 Å². The van der Waals surface area contributed by atoms with Crippen molar-refractivity contribution in [2.45, 2.75) is 0 Å². The monoisotopic (exact) mass is 200 g/mol. The highest BCUT2D eigenvalue weighted by atomic mass is 35.5. The van der Waals surface area contributed by atoms with Gasteiger partial charge in [0.15, 0.2) is 0 Å². The van der Waals surface area contributed by atoms with Gasteiger partial charge in [0, 0.05) is 10.1 Å². The lowest BCUT2D eigenvalue weighted by molar-refractivity contribution is 0.465. The Morgan fingerprint density at radius 2 is 2.00 bits per heavy atom. The molecule has 0 unspecified atom stereocenters. The van der Waals surface area contributed by atoms with Crippen molar-refractivity contribution in [3.05, 3.63) is 22.5 Å². The molecule has 0 radical (unpaired) electrons. The van der Waals surface area contributed by atoms with E-state index in [0.29, 0.717) is 5.39 Å². The first-order chi connectivity index (χ1) is 5.70. The van der Waals surface area contributed by atoms with E-state index in [9.17, 15) is 10.2 Å². The van der Waals surface area contributed by atoms with E-state index in [2.05, 4.69) is 0 Å². The van der Waals surface area contributed by atoms with Gasteiger partial charge < -0.3 is 10.2 Å². The summed E-state index contributed by atoms with van der Waals surface area (Å²) in [6, 6.07) is 3.37. The van der Waals surface area contributed by atoms with Gasteiger partial charge in [-0.2, -0.15) is 0 Å². The second-order valence-corrected chi connectivity index (χ2v) is 3.71. The molecule has 2 aromatic rings. The van der Waals surface area contributed by atoms with Crippen molar-refractivity contribution in [1.29, 1.82) is 0 Å². The highest BCUT2D eigenvalue weighted by Gasteiger charge is 2.09. The molecule has 0 aliphatic carbocycles. The largest absolute Gasteiger partial charge is 0.506 e. The van der Waals surface area contributed by atoms with Crippen LogP contribution >= 0.6 is 22.9 Å². The third-order valence-corrected chi connectivity index (χ3v) is 2.88. The normalized spacial score (nSPS) is 10.8. The van der Waals surface area contributed by atoms with Gasteiger partial charge in [0.05, 0.1) is 10.4 Å². The number of phenolic OH excluding ortho intramolecular Hbond substituents is 1. The van der Waals surface area contributed by atoms with Crippen LogP contribution in [0.3, 0.4) is 0 Å². The van der Waals surface area contributed by atoms with E-state index >= 15 is 0 Å². The number of rotatable bonds is 0. The molecule has 2 N–H and O–H groups in total. The molecule has 2 rings (SSSR count). The summed E-state index contributed by atoms with van der Waals surface area (Å²) < 4.78 is 0.828. The first-order valence-electron chi connectivity index (χ1n) is 3.28. The van der Waals surface area contributed by atoms with Crippen LogP contribution in [0.4, 0.5) is 0 Å². The molecule has 0 amide bonds. The lowest BCUT2D eigenvalue weighted by atomic mass is 10.2. The van der Waals surface area contributed by atoms with Crippen LogP contribution < -0.4 is 0 Å². The summed E-state index contributed by atoms with van der Waals surface area (Å²) >= 11 is 7.03. The van der Waals surface area contributed by atoms with E-state index in [4.69, 9.17) is 11.6 Å². The molecule has 0 atom stereocenters. The van der Waals surface area contributed by atoms with Crippen LogP contribution in [0.25, 0.3) is 10.1 Å². The maximum absolute atomic E-state index is 9.44. The van der Waals surface area contributed by atoms with E-state index < -0.39 is 0 Å². The fourth-order valence-electron chi connectivity index (χ4n) is 1.07. The van der Waals surface area contributed by atoms with Crippen LogP contribution in [0.2, 0.25) is 5.02 Å². The molecular weight excluding hydrogens is 196 g/mol. The van der Waals surface area contributed by atoms with Gasteiger partial charge in [-0.3, -0.25) is 0 Å². The zero-order valence-corrected chi connectivity index (χ0v) is 7.49. The van der Waals surface area contributed by atoms with Crippen LogP contribution in [0, 0.1) is 0 Å². The van der Waals surface area contributed by atoms with Crippen LogP contribution in [0.5, 0.6) is 11.5 Å². The smallest absolute Gasteiger partial charge is 0.146 e. The number of aromatic hydroxyl groups is 2. The predicted octanol–water partition coefficient (Wildman–Crippen LogP) is 2.97. The topological polar surface area (TPSA) is 40.5 Å². The number of hydrogen-bond acceptors (Lipinski definition) is 3. The van der Waals surface area contributed by atoms with E-state index in [1.165, 1.54) is 11.3 Å². The van der Waals surface area contributed by atoms with Gasteiger partial charge in [-0.25, -0.2) is 0 Å². The summed E-state index contributed by atoms with van der Waals surface area (Å²) in [6.45, 7) is 0. The Labute approximate surface area is 77.6 Å². The Morgan fingerprint density at radius 1 is 1.25 bits per heavy atom. The van der Waals surface area contributed by atoms with Crippen molar-refractivity contribution in [3.8, 4) is 11.5 Å². The maximum atomic E-state index is 9.44. The number of thiophene rings is 1. The van der Waals surface area contributed by atoms with Gasteiger partial charge >= 0.3 is 0 Å². The van der Waals surface area contributed by atoms with Gasteiger partial charge in [-0.1, -0.05) is 11.6 Å². The first kappa shape index (κ1) is 7.71. The van der Waals surface area contributed by atoms with Crippen LogP contribution in [-0.4, -0.2) is 10.2 Å². The third kappa shape index (κ3) is 0.940. The zero-order chi connectivity index (χ0) is 8.72. The fourth-order valence-corrected chi connectivity index (χ4v) is 2.05. The average molecular weight is 201 g/mol. The van der Waals surface area contributed by atoms with Gasteiger partial charge in [-0.05, 0) is 12.1 Å². The van der Waals surface area contributed by atoms with Gasteiger partial charge in [-0.15, -0.1) is 11.3 Å². The Kier molecular flexibility index (Phi) is 1.63. The van der Waals surface area contributed by atoms with E-state index in [-0.39, 0.29) is 16.5 Å². The SMILES string of the molecule is Oc1csc2ccc(Cl)c(O)c12. The predicted molar refractivity (Wildman–Crippen MR) is 50.2 cm³/mol. The van der Waals surface area contributed by atoms with E-state index in [1.807, 2.05) is 0 Å². The highest BCUT2D eigenvalue weighted by molar-refractivity contribution is 7.17. The molecule has 0 fully saturated rings. The second kappa shape index (κ2) is 2.54. The summed E-state index contributed by atoms with van der Waals surface area (Å²) in [5.41, 5.74) is 0. The number of phenols is 1. The lowest BCUT2D eigenvalue weighted by Crippen LogP contribution is -1.69. The minimum atomic E-state index is -0.0482. The summed E-state index contributed by atoms with van der Waals surface area (Å²) in [5, 5.41) is 21.0. The Balaban J connectivity index is 2.96.